The highest BCUT2D eigenvalue weighted by atomic mass is 127. The van der Waals surface area contributed by atoms with Gasteiger partial charge in [0.05, 0.1) is 27.0 Å². The Hall–Kier alpha value is -2.16. The molecule has 0 spiro atoms. The molecule has 0 aliphatic heterocycles. The van der Waals surface area contributed by atoms with E-state index in [9.17, 15) is 0 Å². The Morgan fingerprint density at radius 3 is 2.20 bits per heavy atom. The molecule has 0 radical (unpaired) electrons. The third-order valence-corrected chi connectivity index (χ3v) is 3.51. The minimum absolute atomic E-state index is 0. The van der Waals surface area contributed by atoms with Crippen molar-refractivity contribution in [2.45, 2.75) is 6.42 Å². The number of ether oxygens (including phenoxy) is 3. The highest BCUT2D eigenvalue weighted by molar-refractivity contribution is 14.0. The SMILES string of the molecule is COc1ccc(CCN=C(N)Nc2cc(OC)ccc2OC)cc1.I. The van der Waals surface area contributed by atoms with Crippen molar-refractivity contribution in [1.82, 2.24) is 0 Å². The molecule has 0 unspecified atom stereocenters. The van der Waals surface area contributed by atoms with Gasteiger partial charge in [0.1, 0.15) is 17.2 Å². The van der Waals surface area contributed by atoms with Gasteiger partial charge < -0.3 is 25.3 Å². The number of nitrogens with one attached hydrogen (secondary N) is 1. The van der Waals surface area contributed by atoms with Gasteiger partial charge in [0.25, 0.3) is 0 Å². The lowest BCUT2D eigenvalue weighted by molar-refractivity contribution is 0.405. The number of guanidine groups is 1. The number of rotatable bonds is 7. The lowest BCUT2D eigenvalue weighted by Gasteiger charge is -2.12. The van der Waals surface area contributed by atoms with Gasteiger partial charge >= 0.3 is 0 Å². The number of aliphatic imine (C=N–C) groups is 1. The number of anilines is 1. The molecule has 0 fully saturated rings. The Bertz CT molecular complexity index is 690. The Kier molecular flexibility index (Phi) is 8.90. The van der Waals surface area contributed by atoms with Gasteiger partial charge in [-0.05, 0) is 36.2 Å². The fourth-order valence-electron chi connectivity index (χ4n) is 2.19. The maximum absolute atomic E-state index is 5.95. The van der Waals surface area contributed by atoms with E-state index in [0.29, 0.717) is 29.7 Å². The molecule has 0 atom stereocenters. The Morgan fingerprint density at radius 1 is 0.960 bits per heavy atom. The summed E-state index contributed by atoms with van der Waals surface area (Å²) in [6.45, 7) is 0.581. The van der Waals surface area contributed by atoms with Gasteiger partial charge in [-0.25, -0.2) is 0 Å². The average Bonchev–Trinajstić information content (AvgIpc) is 2.62. The van der Waals surface area contributed by atoms with Crippen LogP contribution in [0, 0.1) is 0 Å². The predicted molar refractivity (Wildman–Crippen MR) is 112 cm³/mol. The topological polar surface area (TPSA) is 78.1 Å². The summed E-state index contributed by atoms with van der Waals surface area (Å²) >= 11 is 0. The van der Waals surface area contributed by atoms with Crippen molar-refractivity contribution in [1.29, 1.82) is 0 Å². The number of methoxy groups -OCH3 is 3. The zero-order valence-electron chi connectivity index (χ0n) is 14.6. The Morgan fingerprint density at radius 2 is 1.60 bits per heavy atom. The first-order chi connectivity index (χ1) is 11.7. The van der Waals surface area contributed by atoms with Crippen LogP contribution in [-0.2, 0) is 6.42 Å². The number of nitrogens with two attached hydrogens (primary N) is 1. The van der Waals surface area contributed by atoms with E-state index in [0.717, 1.165) is 12.2 Å². The first-order valence-electron chi connectivity index (χ1n) is 7.58. The second kappa shape index (κ2) is 10.7. The molecule has 0 aliphatic carbocycles. The van der Waals surface area contributed by atoms with Gasteiger partial charge in [0.15, 0.2) is 5.96 Å². The van der Waals surface area contributed by atoms with Crippen molar-refractivity contribution in [2.75, 3.05) is 33.2 Å². The highest BCUT2D eigenvalue weighted by Gasteiger charge is 2.06. The van der Waals surface area contributed by atoms with Crippen LogP contribution < -0.4 is 25.3 Å². The van der Waals surface area contributed by atoms with Crippen molar-refractivity contribution in [3.05, 3.63) is 48.0 Å². The molecule has 2 aromatic carbocycles. The zero-order chi connectivity index (χ0) is 17.4. The van der Waals surface area contributed by atoms with Crippen LogP contribution >= 0.6 is 24.0 Å². The molecule has 2 aromatic rings. The summed E-state index contributed by atoms with van der Waals surface area (Å²) in [6, 6.07) is 13.3. The molecule has 25 heavy (non-hydrogen) atoms. The van der Waals surface area contributed by atoms with Gasteiger partial charge in [-0.15, -0.1) is 24.0 Å². The van der Waals surface area contributed by atoms with Crippen molar-refractivity contribution < 1.29 is 14.2 Å². The van der Waals surface area contributed by atoms with Gasteiger partial charge in [-0.3, -0.25) is 4.99 Å². The molecule has 0 amide bonds. The highest BCUT2D eigenvalue weighted by Crippen LogP contribution is 2.28. The molecule has 0 saturated heterocycles. The summed E-state index contributed by atoms with van der Waals surface area (Å²) in [5.41, 5.74) is 7.84. The summed E-state index contributed by atoms with van der Waals surface area (Å²) in [5, 5.41) is 3.04. The second-order valence-electron chi connectivity index (χ2n) is 5.06. The maximum atomic E-state index is 5.95. The van der Waals surface area contributed by atoms with E-state index in [1.54, 1.807) is 21.3 Å². The quantitative estimate of drug-likeness (QED) is 0.379. The predicted octanol–water partition coefficient (Wildman–Crippen LogP) is 3.30. The molecular formula is C18H24IN3O3. The summed E-state index contributed by atoms with van der Waals surface area (Å²) < 4.78 is 15.6. The van der Waals surface area contributed by atoms with Crippen molar-refractivity contribution >= 4 is 35.6 Å². The first kappa shape index (κ1) is 20.9. The summed E-state index contributed by atoms with van der Waals surface area (Å²) in [5.74, 6) is 2.55. The molecule has 2 rings (SSSR count). The van der Waals surface area contributed by atoms with E-state index < -0.39 is 0 Å². The number of hydrogen-bond donors (Lipinski definition) is 2. The molecule has 3 N–H and O–H groups in total. The van der Waals surface area contributed by atoms with Crippen LogP contribution in [0.2, 0.25) is 0 Å². The van der Waals surface area contributed by atoms with E-state index in [2.05, 4.69) is 10.3 Å². The van der Waals surface area contributed by atoms with Crippen LogP contribution in [0.25, 0.3) is 0 Å². The lowest BCUT2D eigenvalue weighted by atomic mass is 10.1. The molecule has 0 aromatic heterocycles. The molecule has 7 heteroatoms. The molecule has 6 nitrogen and oxygen atoms in total. The number of hydrogen-bond acceptors (Lipinski definition) is 4. The van der Waals surface area contributed by atoms with Crippen LogP contribution in [0.5, 0.6) is 17.2 Å². The van der Waals surface area contributed by atoms with Crippen LogP contribution in [0.4, 0.5) is 5.69 Å². The second-order valence-corrected chi connectivity index (χ2v) is 5.06. The van der Waals surface area contributed by atoms with Gasteiger partial charge in [0.2, 0.25) is 0 Å². The van der Waals surface area contributed by atoms with Crippen LogP contribution in [0.1, 0.15) is 5.56 Å². The molecule has 0 aliphatic rings. The van der Waals surface area contributed by atoms with E-state index in [-0.39, 0.29) is 24.0 Å². The number of nitrogens with zero attached hydrogens (tertiary/aromatic N) is 1. The third kappa shape index (κ3) is 6.33. The number of halogens is 1. The fraction of sp³-hybridized carbons (Fsp3) is 0.278. The van der Waals surface area contributed by atoms with Gasteiger partial charge in [-0.2, -0.15) is 0 Å². The molecule has 0 heterocycles. The van der Waals surface area contributed by atoms with E-state index in [1.807, 2.05) is 42.5 Å². The standard InChI is InChI=1S/C18H23N3O3.HI/c1-22-14-6-4-13(5-7-14)10-11-20-18(19)21-16-12-15(23-2)8-9-17(16)24-3;/h4-9,12H,10-11H2,1-3H3,(H3,19,20,21);1H. The summed E-state index contributed by atoms with van der Waals surface area (Å²) in [7, 11) is 4.86. The average molecular weight is 457 g/mol. The molecule has 0 bridgehead atoms. The monoisotopic (exact) mass is 457 g/mol. The fourth-order valence-corrected chi connectivity index (χ4v) is 2.19. The summed E-state index contributed by atoms with van der Waals surface area (Å²) in [6.07, 6.45) is 0.793. The summed E-state index contributed by atoms with van der Waals surface area (Å²) in [4.78, 5) is 4.34. The third-order valence-electron chi connectivity index (χ3n) is 3.51. The minimum atomic E-state index is 0. The van der Waals surface area contributed by atoms with Crippen molar-refractivity contribution in [3.63, 3.8) is 0 Å². The Labute approximate surface area is 165 Å². The largest absolute Gasteiger partial charge is 0.497 e. The van der Waals surface area contributed by atoms with Crippen molar-refractivity contribution in [3.8, 4) is 17.2 Å². The van der Waals surface area contributed by atoms with E-state index >= 15 is 0 Å². The minimum Gasteiger partial charge on any atom is -0.497 e. The first-order valence-corrected chi connectivity index (χ1v) is 7.58. The van der Waals surface area contributed by atoms with E-state index in [4.69, 9.17) is 19.9 Å². The smallest absolute Gasteiger partial charge is 0.193 e. The van der Waals surface area contributed by atoms with Gasteiger partial charge in [0, 0.05) is 12.6 Å². The van der Waals surface area contributed by atoms with Gasteiger partial charge in [-0.1, -0.05) is 12.1 Å². The lowest BCUT2D eigenvalue weighted by Crippen LogP contribution is -2.23. The number of benzene rings is 2. The Balaban J connectivity index is 0.00000312. The van der Waals surface area contributed by atoms with E-state index in [1.165, 1.54) is 5.56 Å². The van der Waals surface area contributed by atoms with Crippen LogP contribution in [-0.4, -0.2) is 33.8 Å². The maximum Gasteiger partial charge on any atom is 0.193 e. The molecular weight excluding hydrogens is 433 g/mol. The molecule has 136 valence electrons. The van der Waals surface area contributed by atoms with Crippen LogP contribution in [0.15, 0.2) is 47.5 Å². The van der Waals surface area contributed by atoms with Crippen molar-refractivity contribution in [2.24, 2.45) is 10.7 Å². The molecule has 0 saturated carbocycles. The van der Waals surface area contributed by atoms with Crippen LogP contribution in [0.3, 0.4) is 0 Å². The normalized spacial score (nSPS) is 10.6. The zero-order valence-corrected chi connectivity index (χ0v) is 16.9.